The number of benzene rings is 5. The zero-order valence-electron chi connectivity index (χ0n) is 26.0. The number of aliphatic hydroxyl groups excluding tert-OH is 1. The van der Waals surface area contributed by atoms with Crippen molar-refractivity contribution in [2.75, 3.05) is 12.9 Å². The fourth-order valence-corrected chi connectivity index (χ4v) is 7.62. The highest BCUT2D eigenvalue weighted by Crippen LogP contribution is 2.41. The van der Waals surface area contributed by atoms with Crippen molar-refractivity contribution in [1.29, 1.82) is 0 Å². The van der Waals surface area contributed by atoms with Crippen LogP contribution in [-0.2, 0) is 32.6 Å². The Hall–Kier alpha value is -3.96. The number of aliphatic hydroxyl groups is 1. The smallest absolute Gasteiger partial charge is 0.240 e. The lowest BCUT2D eigenvalue weighted by Gasteiger charge is -2.36. The molecule has 1 aliphatic heterocycles. The Bertz CT molecular complexity index is 1880. The molecule has 5 aromatic carbocycles. The van der Waals surface area contributed by atoms with Gasteiger partial charge in [0.2, 0.25) is 10.0 Å². The Balaban J connectivity index is 1.21. The van der Waals surface area contributed by atoms with Crippen molar-refractivity contribution in [2.45, 2.75) is 47.9 Å². The summed E-state index contributed by atoms with van der Waals surface area (Å²) in [5.74, 6) is 1.55. The first-order valence-corrected chi connectivity index (χ1v) is 17.9. The van der Waals surface area contributed by atoms with Crippen LogP contribution < -0.4 is 9.46 Å². The molecule has 0 aliphatic carbocycles. The maximum Gasteiger partial charge on any atom is 0.240 e. The highest BCUT2D eigenvalue weighted by molar-refractivity contribution is 7.99. The summed E-state index contributed by atoms with van der Waals surface area (Å²) < 4.78 is 47.0. The van der Waals surface area contributed by atoms with Gasteiger partial charge >= 0.3 is 0 Å². The maximum atomic E-state index is 12.8. The van der Waals surface area contributed by atoms with Gasteiger partial charge in [-0.15, -0.1) is 11.8 Å². The van der Waals surface area contributed by atoms with Gasteiger partial charge in [0.05, 0.1) is 30.8 Å². The van der Waals surface area contributed by atoms with Crippen LogP contribution in [0.3, 0.4) is 0 Å². The average molecular weight is 668 g/mol. The van der Waals surface area contributed by atoms with E-state index in [2.05, 4.69) is 16.9 Å². The van der Waals surface area contributed by atoms with Crippen LogP contribution in [0.5, 0.6) is 5.75 Å². The standard InChI is InChI=1S/C38H37NO6S2/c1-43-35-15-5-6-16-37(35)46-26-33-23-36(29-19-17-27(25-40)18-20-29)45-38(44-33)32-12-8-11-31(22-32)30-10-7-9-28(21-30)24-39-47(41,42)34-13-3-2-4-14-34/h2-22,33,36,38-40H,23-26H2,1H3. The quantitative estimate of drug-likeness (QED) is 0.132. The zero-order valence-corrected chi connectivity index (χ0v) is 27.6. The summed E-state index contributed by atoms with van der Waals surface area (Å²) in [4.78, 5) is 1.29. The number of ether oxygens (including phenoxy) is 3. The molecule has 1 aliphatic rings. The van der Waals surface area contributed by atoms with Crippen molar-refractivity contribution >= 4 is 21.8 Å². The van der Waals surface area contributed by atoms with Crippen LogP contribution in [0.25, 0.3) is 11.1 Å². The molecule has 0 aromatic heterocycles. The Morgan fingerprint density at radius 2 is 1.51 bits per heavy atom. The first-order chi connectivity index (χ1) is 22.9. The van der Waals surface area contributed by atoms with Gasteiger partial charge < -0.3 is 19.3 Å². The predicted octanol–water partition coefficient (Wildman–Crippen LogP) is 7.67. The SMILES string of the molecule is COc1ccccc1SCC1CC(c2ccc(CO)cc2)OC(c2cccc(-c3cccc(CNS(=O)(=O)c4ccccc4)c3)c2)O1. The monoisotopic (exact) mass is 667 g/mol. The van der Waals surface area contributed by atoms with Crippen molar-refractivity contribution in [3.8, 4) is 16.9 Å². The molecule has 0 amide bonds. The molecule has 5 aromatic rings. The lowest BCUT2D eigenvalue weighted by Crippen LogP contribution is -2.31. The van der Waals surface area contributed by atoms with Crippen molar-refractivity contribution in [3.63, 3.8) is 0 Å². The summed E-state index contributed by atoms with van der Waals surface area (Å²) in [6, 6.07) is 40.1. The summed E-state index contributed by atoms with van der Waals surface area (Å²) in [6.45, 7) is 0.157. The van der Waals surface area contributed by atoms with Crippen LogP contribution >= 0.6 is 11.8 Å². The van der Waals surface area contributed by atoms with Crippen LogP contribution in [-0.4, -0.2) is 32.5 Å². The Morgan fingerprint density at radius 1 is 0.787 bits per heavy atom. The molecule has 6 rings (SSSR count). The number of sulfonamides is 1. The van der Waals surface area contributed by atoms with Crippen molar-refractivity contribution in [3.05, 3.63) is 150 Å². The summed E-state index contributed by atoms with van der Waals surface area (Å²) in [6.07, 6.45) is -0.224. The van der Waals surface area contributed by atoms with Crippen molar-refractivity contribution in [1.82, 2.24) is 4.72 Å². The fourth-order valence-electron chi connectivity index (χ4n) is 5.53. The van der Waals surface area contributed by atoms with E-state index in [0.29, 0.717) is 12.2 Å². The van der Waals surface area contributed by atoms with Crippen molar-refractivity contribution < 1.29 is 27.7 Å². The van der Waals surface area contributed by atoms with E-state index in [1.165, 1.54) is 0 Å². The van der Waals surface area contributed by atoms with Gasteiger partial charge in [0.1, 0.15) is 5.75 Å². The van der Waals surface area contributed by atoms with E-state index in [9.17, 15) is 13.5 Å². The summed E-state index contributed by atoms with van der Waals surface area (Å²) >= 11 is 1.70. The van der Waals surface area contributed by atoms with Gasteiger partial charge in [-0.1, -0.05) is 91.0 Å². The average Bonchev–Trinajstić information content (AvgIpc) is 3.13. The zero-order chi connectivity index (χ0) is 32.6. The molecule has 1 saturated heterocycles. The number of methoxy groups -OCH3 is 1. The van der Waals surface area contributed by atoms with Crippen LogP contribution in [0.1, 0.15) is 41.1 Å². The third-order valence-electron chi connectivity index (χ3n) is 8.05. The molecule has 0 bridgehead atoms. The maximum absolute atomic E-state index is 12.8. The molecule has 9 heteroatoms. The summed E-state index contributed by atoms with van der Waals surface area (Å²) in [5.41, 5.74) is 5.54. The predicted molar refractivity (Wildman–Crippen MR) is 184 cm³/mol. The summed E-state index contributed by atoms with van der Waals surface area (Å²) in [7, 11) is -1.95. The fraction of sp³-hybridized carbons (Fsp3) is 0.211. The molecular formula is C38H37NO6S2. The molecule has 7 nitrogen and oxygen atoms in total. The molecule has 3 atom stereocenters. The molecule has 0 spiro atoms. The number of hydrogen-bond acceptors (Lipinski definition) is 7. The Labute approximate surface area is 280 Å². The third kappa shape index (κ3) is 8.31. The molecule has 0 radical (unpaired) electrons. The van der Waals surface area contributed by atoms with E-state index in [1.54, 1.807) is 49.2 Å². The van der Waals surface area contributed by atoms with E-state index < -0.39 is 16.3 Å². The molecule has 1 heterocycles. The van der Waals surface area contributed by atoms with E-state index in [1.807, 2.05) is 84.9 Å². The van der Waals surface area contributed by atoms with Gasteiger partial charge in [0.25, 0.3) is 0 Å². The van der Waals surface area contributed by atoms with E-state index in [-0.39, 0.29) is 30.3 Å². The minimum atomic E-state index is -3.63. The highest BCUT2D eigenvalue weighted by atomic mass is 32.2. The van der Waals surface area contributed by atoms with E-state index in [4.69, 9.17) is 14.2 Å². The highest BCUT2D eigenvalue weighted by Gasteiger charge is 2.32. The first-order valence-electron chi connectivity index (χ1n) is 15.4. The Morgan fingerprint density at radius 3 is 2.28 bits per heavy atom. The molecule has 242 valence electrons. The van der Waals surface area contributed by atoms with Gasteiger partial charge in [-0.05, 0) is 64.2 Å². The molecule has 0 saturated carbocycles. The second-order valence-electron chi connectivity index (χ2n) is 11.3. The number of rotatable bonds is 12. The lowest BCUT2D eigenvalue weighted by atomic mass is 9.99. The largest absolute Gasteiger partial charge is 0.496 e. The second-order valence-corrected chi connectivity index (χ2v) is 14.1. The topological polar surface area (TPSA) is 94.1 Å². The van der Waals surface area contributed by atoms with Crippen LogP contribution in [0.2, 0.25) is 0 Å². The van der Waals surface area contributed by atoms with Gasteiger partial charge in [-0.2, -0.15) is 0 Å². The minimum absolute atomic E-state index is 0.0113. The van der Waals surface area contributed by atoms with Gasteiger partial charge in [0, 0.05) is 29.2 Å². The van der Waals surface area contributed by atoms with E-state index in [0.717, 1.165) is 44.0 Å². The van der Waals surface area contributed by atoms with Gasteiger partial charge in [0.15, 0.2) is 6.29 Å². The molecule has 3 unspecified atom stereocenters. The molecule has 47 heavy (non-hydrogen) atoms. The van der Waals surface area contributed by atoms with Crippen LogP contribution in [0, 0.1) is 0 Å². The number of thioether (sulfide) groups is 1. The van der Waals surface area contributed by atoms with Gasteiger partial charge in [-0.3, -0.25) is 0 Å². The van der Waals surface area contributed by atoms with E-state index >= 15 is 0 Å². The molecular weight excluding hydrogens is 631 g/mol. The number of para-hydroxylation sites is 1. The minimum Gasteiger partial charge on any atom is -0.496 e. The number of hydrogen-bond donors (Lipinski definition) is 2. The molecule has 1 fully saturated rings. The van der Waals surface area contributed by atoms with Crippen molar-refractivity contribution in [2.24, 2.45) is 0 Å². The first kappa shape index (κ1) is 33.0. The Kier molecular flexibility index (Phi) is 10.7. The summed E-state index contributed by atoms with van der Waals surface area (Å²) in [5, 5.41) is 9.55. The molecule has 2 N–H and O–H groups in total. The lowest BCUT2D eigenvalue weighted by molar-refractivity contribution is -0.245. The third-order valence-corrected chi connectivity index (χ3v) is 10.7. The van der Waals surface area contributed by atoms with Crippen LogP contribution in [0.4, 0.5) is 0 Å². The van der Waals surface area contributed by atoms with Gasteiger partial charge in [-0.25, -0.2) is 13.1 Å². The second kappa shape index (κ2) is 15.3. The number of nitrogens with one attached hydrogen (secondary N) is 1. The van der Waals surface area contributed by atoms with Crippen LogP contribution in [0.15, 0.2) is 137 Å². The normalized spacial score (nSPS) is 18.1.